The summed E-state index contributed by atoms with van der Waals surface area (Å²) in [6.45, 7) is 4.38. The molecular weight excluding hydrogens is 404 g/mol. The predicted molar refractivity (Wildman–Crippen MR) is 120 cm³/mol. The number of carbonyl (C=O) groups excluding carboxylic acids is 1. The molecule has 0 aliphatic heterocycles. The van der Waals surface area contributed by atoms with Crippen molar-refractivity contribution in [1.29, 1.82) is 0 Å². The lowest BCUT2D eigenvalue weighted by Gasteiger charge is -2.11. The standard InChI is InChI=1S/C23H19ClN2O2S/c1-3-28-20-11-9-15(13-17(20)24)22(27)25-18-10-8-16(12-14(18)2)23-26-19-6-4-5-7-21(19)29-23/h4-13H,3H2,1-2H3,(H,25,27). The number of carbonyl (C=O) groups is 1. The molecule has 0 saturated carbocycles. The van der Waals surface area contributed by atoms with Gasteiger partial charge in [-0.2, -0.15) is 0 Å². The van der Waals surface area contributed by atoms with Crippen molar-refractivity contribution in [1.82, 2.24) is 4.98 Å². The van der Waals surface area contributed by atoms with Gasteiger partial charge in [0, 0.05) is 16.8 Å². The smallest absolute Gasteiger partial charge is 0.255 e. The Balaban J connectivity index is 1.55. The highest BCUT2D eigenvalue weighted by Crippen LogP contribution is 2.32. The third-order valence-electron chi connectivity index (χ3n) is 4.51. The molecule has 0 radical (unpaired) electrons. The van der Waals surface area contributed by atoms with Crippen molar-refractivity contribution < 1.29 is 9.53 Å². The Bertz CT molecular complexity index is 1170. The number of para-hydroxylation sites is 1. The molecule has 3 aromatic carbocycles. The molecule has 1 amide bonds. The van der Waals surface area contributed by atoms with Gasteiger partial charge in [-0.1, -0.05) is 23.7 Å². The first-order valence-electron chi connectivity index (χ1n) is 9.25. The molecule has 0 spiro atoms. The minimum absolute atomic E-state index is 0.217. The van der Waals surface area contributed by atoms with E-state index < -0.39 is 0 Å². The fourth-order valence-electron chi connectivity index (χ4n) is 3.04. The van der Waals surface area contributed by atoms with Gasteiger partial charge in [0.05, 0.1) is 21.8 Å². The van der Waals surface area contributed by atoms with Gasteiger partial charge in [0.15, 0.2) is 0 Å². The van der Waals surface area contributed by atoms with Crippen LogP contribution in [0.1, 0.15) is 22.8 Å². The number of anilines is 1. The maximum absolute atomic E-state index is 12.6. The summed E-state index contributed by atoms with van der Waals surface area (Å²) in [6, 6.07) is 19.0. The number of ether oxygens (including phenoxy) is 1. The second-order valence-corrected chi connectivity index (χ2v) is 7.99. The highest BCUT2D eigenvalue weighted by molar-refractivity contribution is 7.21. The number of amides is 1. The fraction of sp³-hybridized carbons (Fsp3) is 0.130. The third kappa shape index (κ3) is 4.11. The van der Waals surface area contributed by atoms with E-state index >= 15 is 0 Å². The third-order valence-corrected chi connectivity index (χ3v) is 5.89. The van der Waals surface area contributed by atoms with Crippen molar-refractivity contribution in [3.63, 3.8) is 0 Å². The van der Waals surface area contributed by atoms with Crippen LogP contribution in [-0.4, -0.2) is 17.5 Å². The lowest BCUT2D eigenvalue weighted by Crippen LogP contribution is -2.13. The molecule has 0 aliphatic carbocycles. The Kier molecular flexibility index (Phi) is 5.51. The van der Waals surface area contributed by atoms with E-state index in [1.165, 1.54) is 0 Å². The number of aromatic nitrogens is 1. The quantitative estimate of drug-likeness (QED) is 0.395. The molecule has 4 nitrogen and oxygen atoms in total. The van der Waals surface area contributed by atoms with Gasteiger partial charge in [0.2, 0.25) is 0 Å². The van der Waals surface area contributed by atoms with Gasteiger partial charge in [0.25, 0.3) is 5.91 Å². The summed E-state index contributed by atoms with van der Waals surface area (Å²) in [5, 5.41) is 4.34. The van der Waals surface area contributed by atoms with Crippen LogP contribution < -0.4 is 10.1 Å². The number of aryl methyl sites for hydroxylation is 1. The number of nitrogens with zero attached hydrogens (tertiary/aromatic N) is 1. The highest BCUT2D eigenvalue weighted by atomic mass is 35.5. The molecule has 4 aromatic rings. The fourth-order valence-corrected chi connectivity index (χ4v) is 4.24. The molecule has 0 bridgehead atoms. The number of benzene rings is 3. The summed E-state index contributed by atoms with van der Waals surface area (Å²) in [5.74, 6) is 0.355. The van der Waals surface area contributed by atoms with Crippen LogP contribution in [0.2, 0.25) is 5.02 Å². The molecule has 29 heavy (non-hydrogen) atoms. The van der Waals surface area contributed by atoms with Crippen LogP contribution in [0.5, 0.6) is 5.75 Å². The number of fused-ring (bicyclic) bond motifs is 1. The SMILES string of the molecule is CCOc1ccc(C(=O)Nc2ccc(-c3nc4ccccc4s3)cc2C)cc1Cl. The number of halogens is 1. The lowest BCUT2D eigenvalue weighted by atomic mass is 10.1. The van der Waals surface area contributed by atoms with E-state index in [-0.39, 0.29) is 5.91 Å². The molecule has 4 rings (SSSR count). The van der Waals surface area contributed by atoms with Crippen molar-refractivity contribution >= 4 is 44.7 Å². The second-order valence-electron chi connectivity index (χ2n) is 6.55. The van der Waals surface area contributed by atoms with Crippen LogP contribution in [-0.2, 0) is 0 Å². The summed E-state index contributed by atoms with van der Waals surface area (Å²) >= 11 is 7.86. The van der Waals surface area contributed by atoms with Crippen LogP contribution in [0.4, 0.5) is 5.69 Å². The topological polar surface area (TPSA) is 51.2 Å². The average molecular weight is 423 g/mol. The van der Waals surface area contributed by atoms with Crippen molar-refractivity contribution in [3.8, 4) is 16.3 Å². The molecule has 0 unspecified atom stereocenters. The van der Waals surface area contributed by atoms with Crippen LogP contribution in [0.15, 0.2) is 60.7 Å². The summed E-state index contributed by atoms with van der Waals surface area (Å²) in [4.78, 5) is 17.3. The van der Waals surface area contributed by atoms with Gasteiger partial charge in [-0.3, -0.25) is 4.79 Å². The second kappa shape index (κ2) is 8.23. The largest absolute Gasteiger partial charge is 0.492 e. The molecule has 0 fully saturated rings. The van der Waals surface area contributed by atoms with Crippen LogP contribution in [0.3, 0.4) is 0 Å². The Morgan fingerprint density at radius 2 is 1.97 bits per heavy atom. The van der Waals surface area contributed by atoms with Gasteiger partial charge in [-0.25, -0.2) is 4.98 Å². The van der Waals surface area contributed by atoms with E-state index in [4.69, 9.17) is 21.3 Å². The van der Waals surface area contributed by atoms with Gasteiger partial charge < -0.3 is 10.1 Å². The maximum atomic E-state index is 12.6. The molecular formula is C23H19ClN2O2S. The van der Waals surface area contributed by atoms with E-state index in [0.29, 0.717) is 22.9 Å². The minimum atomic E-state index is -0.217. The van der Waals surface area contributed by atoms with Gasteiger partial charge in [-0.15, -0.1) is 11.3 Å². The Labute approximate surface area is 178 Å². The Morgan fingerprint density at radius 1 is 1.14 bits per heavy atom. The minimum Gasteiger partial charge on any atom is -0.492 e. The monoisotopic (exact) mass is 422 g/mol. The zero-order valence-corrected chi connectivity index (χ0v) is 17.6. The van der Waals surface area contributed by atoms with E-state index in [9.17, 15) is 4.79 Å². The zero-order chi connectivity index (χ0) is 20.4. The number of nitrogens with one attached hydrogen (secondary N) is 1. The summed E-state index contributed by atoms with van der Waals surface area (Å²) in [7, 11) is 0. The average Bonchev–Trinajstić information content (AvgIpc) is 3.15. The van der Waals surface area contributed by atoms with E-state index in [2.05, 4.69) is 11.4 Å². The first kappa shape index (κ1) is 19.4. The Hall–Kier alpha value is -2.89. The Morgan fingerprint density at radius 3 is 2.69 bits per heavy atom. The molecule has 1 heterocycles. The first-order valence-corrected chi connectivity index (χ1v) is 10.4. The van der Waals surface area contributed by atoms with Crippen molar-refractivity contribution in [2.75, 3.05) is 11.9 Å². The molecule has 1 aromatic heterocycles. The van der Waals surface area contributed by atoms with Crippen LogP contribution in [0.25, 0.3) is 20.8 Å². The molecule has 0 atom stereocenters. The number of hydrogen-bond acceptors (Lipinski definition) is 4. The van der Waals surface area contributed by atoms with Crippen LogP contribution in [0, 0.1) is 6.92 Å². The summed E-state index contributed by atoms with van der Waals surface area (Å²) < 4.78 is 6.57. The first-order chi connectivity index (χ1) is 14.0. The highest BCUT2D eigenvalue weighted by Gasteiger charge is 2.12. The number of thiazole rings is 1. The zero-order valence-electron chi connectivity index (χ0n) is 16.0. The summed E-state index contributed by atoms with van der Waals surface area (Å²) in [5.41, 5.74) is 4.23. The normalized spacial score (nSPS) is 10.9. The lowest BCUT2D eigenvalue weighted by molar-refractivity contribution is 0.102. The predicted octanol–water partition coefficient (Wildman–Crippen LogP) is 6.58. The van der Waals surface area contributed by atoms with Gasteiger partial charge in [0.1, 0.15) is 10.8 Å². The van der Waals surface area contributed by atoms with Gasteiger partial charge in [-0.05, 0) is 67.9 Å². The van der Waals surface area contributed by atoms with Crippen molar-refractivity contribution in [2.45, 2.75) is 13.8 Å². The molecule has 6 heteroatoms. The van der Waals surface area contributed by atoms with E-state index in [1.807, 2.05) is 50.2 Å². The van der Waals surface area contributed by atoms with Gasteiger partial charge >= 0.3 is 0 Å². The van der Waals surface area contributed by atoms with E-state index in [0.717, 1.165) is 32.0 Å². The molecule has 0 saturated heterocycles. The summed E-state index contributed by atoms with van der Waals surface area (Å²) in [6.07, 6.45) is 0. The number of rotatable bonds is 5. The van der Waals surface area contributed by atoms with Crippen molar-refractivity contribution in [2.24, 2.45) is 0 Å². The molecule has 0 aliphatic rings. The molecule has 146 valence electrons. The van der Waals surface area contributed by atoms with E-state index in [1.54, 1.807) is 29.5 Å². The number of hydrogen-bond donors (Lipinski definition) is 1. The van der Waals surface area contributed by atoms with Crippen LogP contribution >= 0.6 is 22.9 Å². The van der Waals surface area contributed by atoms with Crippen molar-refractivity contribution in [3.05, 3.63) is 76.8 Å². The molecule has 1 N–H and O–H groups in total. The maximum Gasteiger partial charge on any atom is 0.255 e.